The van der Waals surface area contributed by atoms with Gasteiger partial charge in [-0.25, -0.2) is 8.42 Å². The van der Waals surface area contributed by atoms with E-state index in [1.807, 2.05) is 0 Å². The number of aryl methyl sites for hydroxylation is 1. The Morgan fingerprint density at radius 2 is 1.72 bits per heavy atom. The summed E-state index contributed by atoms with van der Waals surface area (Å²) in [6.07, 6.45) is 3.59. The van der Waals surface area contributed by atoms with E-state index >= 15 is 0 Å². The summed E-state index contributed by atoms with van der Waals surface area (Å²) in [4.78, 5) is 28.6. The van der Waals surface area contributed by atoms with Gasteiger partial charge in [0.1, 0.15) is 6.54 Å². The molecule has 29 heavy (non-hydrogen) atoms. The van der Waals surface area contributed by atoms with Crippen molar-refractivity contribution in [2.24, 2.45) is 0 Å². The lowest BCUT2D eigenvalue weighted by Crippen LogP contribution is -2.48. The number of morpholine rings is 1. The van der Waals surface area contributed by atoms with E-state index < -0.39 is 10.0 Å². The monoisotopic (exact) mass is 421 g/mol. The van der Waals surface area contributed by atoms with Crippen molar-refractivity contribution < 1.29 is 22.7 Å². The van der Waals surface area contributed by atoms with Gasteiger partial charge >= 0.3 is 0 Å². The van der Waals surface area contributed by atoms with Crippen LogP contribution in [0.4, 0.5) is 5.69 Å². The van der Waals surface area contributed by atoms with Crippen LogP contribution >= 0.6 is 0 Å². The normalized spacial score (nSPS) is 21.2. The smallest absolute Gasteiger partial charge is 0.243 e. The van der Waals surface area contributed by atoms with E-state index in [0.29, 0.717) is 51.5 Å². The largest absolute Gasteiger partial charge is 0.378 e. The molecule has 0 aromatic heterocycles. The zero-order valence-electron chi connectivity index (χ0n) is 16.5. The van der Waals surface area contributed by atoms with Gasteiger partial charge in [-0.05, 0) is 43.0 Å². The van der Waals surface area contributed by atoms with Gasteiger partial charge in [0.25, 0.3) is 0 Å². The van der Waals surface area contributed by atoms with Crippen molar-refractivity contribution in [1.29, 1.82) is 0 Å². The number of rotatable bonds is 4. The van der Waals surface area contributed by atoms with Gasteiger partial charge in [0.05, 0.1) is 18.1 Å². The Morgan fingerprint density at radius 1 is 1.00 bits per heavy atom. The molecular weight excluding hydrogens is 394 g/mol. The quantitative estimate of drug-likeness (QED) is 0.724. The molecule has 0 N–H and O–H groups in total. The van der Waals surface area contributed by atoms with Gasteiger partial charge < -0.3 is 14.5 Å². The molecule has 1 aromatic carbocycles. The van der Waals surface area contributed by atoms with Gasteiger partial charge in [0, 0.05) is 38.3 Å². The van der Waals surface area contributed by atoms with Crippen LogP contribution < -0.4 is 4.90 Å². The summed E-state index contributed by atoms with van der Waals surface area (Å²) >= 11 is 0. The van der Waals surface area contributed by atoms with E-state index in [9.17, 15) is 18.0 Å². The van der Waals surface area contributed by atoms with Crippen LogP contribution in [-0.4, -0.2) is 75.4 Å². The number of ether oxygens (including phenoxy) is 1. The van der Waals surface area contributed by atoms with E-state index in [0.717, 1.165) is 24.8 Å². The Labute approximate surface area is 171 Å². The molecule has 2 amide bonds. The molecule has 9 heteroatoms. The first-order valence-electron chi connectivity index (χ1n) is 10.3. The highest BCUT2D eigenvalue weighted by Gasteiger charge is 2.31. The summed E-state index contributed by atoms with van der Waals surface area (Å²) in [6.45, 7) is 3.16. The summed E-state index contributed by atoms with van der Waals surface area (Å²) in [6, 6.07) is 4.92. The molecule has 158 valence electrons. The lowest BCUT2D eigenvalue weighted by atomic mass is 10.0. The molecule has 3 aliphatic rings. The second kappa shape index (κ2) is 8.41. The zero-order valence-corrected chi connectivity index (χ0v) is 17.3. The number of carbonyl (C=O) groups is 2. The molecule has 3 heterocycles. The molecule has 0 unspecified atom stereocenters. The van der Waals surface area contributed by atoms with Crippen LogP contribution in [0.25, 0.3) is 0 Å². The Morgan fingerprint density at radius 3 is 2.45 bits per heavy atom. The van der Waals surface area contributed by atoms with E-state index in [4.69, 9.17) is 4.74 Å². The maximum absolute atomic E-state index is 13.0. The standard InChI is InChI=1S/C20H27N3O5S/c24-19-7-4-16-14-17(29(26,27)22-8-2-1-3-9-22)5-6-18(16)23(19)15-20(25)21-10-12-28-13-11-21/h5-6,14H,1-4,7-13,15H2. The van der Waals surface area contributed by atoms with Crippen molar-refractivity contribution in [3.05, 3.63) is 23.8 Å². The van der Waals surface area contributed by atoms with Crippen LogP contribution in [0, 0.1) is 0 Å². The predicted octanol–water partition coefficient (Wildman–Crippen LogP) is 0.999. The van der Waals surface area contributed by atoms with Crippen molar-refractivity contribution >= 4 is 27.5 Å². The fraction of sp³-hybridized carbons (Fsp3) is 0.600. The third-order valence-electron chi connectivity index (χ3n) is 5.86. The van der Waals surface area contributed by atoms with Crippen LogP contribution in [0.1, 0.15) is 31.2 Å². The fourth-order valence-corrected chi connectivity index (χ4v) is 5.74. The van der Waals surface area contributed by atoms with E-state index in [-0.39, 0.29) is 29.7 Å². The summed E-state index contributed by atoms with van der Waals surface area (Å²) in [5, 5.41) is 0. The molecular formula is C20H27N3O5S. The van der Waals surface area contributed by atoms with Gasteiger partial charge in [-0.1, -0.05) is 6.42 Å². The fourth-order valence-electron chi connectivity index (χ4n) is 4.17. The second-order valence-corrected chi connectivity index (χ2v) is 9.67. The molecule has 0 radical (unpaired) electrons. The van der Waals surface area contributed by atoms with Gasteiger partial charge in [0.2, 0.25) is 21.8 Å². The lowest BCUT2D eigenvalue weighted by molar-refractivity contribution is -0.135. The molecule has 0 atom stereocenters. The minimum atomic E-state index is -3.53. The SMILES string of the molecule is O=C(CN1C(=O)CCc2cc(S(=O)(=O)N3CCCCC3)ccc21)N1CCOCC1. The highest BCUT2D eigenvalue weighted by molar-refractivity contribution is 7.89. The van der Waals surface area contributed by atoms with Crippen molar-refractivity contribution in [1.82, 2.24) is 9.21 Å². The molecule has 4 rings (SSSR count). The number of hydrogen-bond donors (Lipinski definition) is 0. The lowest BCUT2D eigenvalue weighted by Gasteiger charge is -2.33. The van der Waals surface area contributed by atoms with Crippen molar-refractivity contribution in [2.45, 2.75) is 37.0 Å². The van der Waals surface area contributed by atoms with Gasteiger partial charge in [-0.3, -0.25) is 9.59 Å². The first-order chi connectivity index (χ1) is 14.0. The second-order valence-electron chi connectivity index (χ2n) is 7.73. The Hall–Kier alpha value is -1.97. The van der Waals surface area contributed by atoms with E-state index in [1.165, 1.54) is 4.90 Å². The van der Waals surface area contributed by atoms with Crippen molar-refractivity contribution in [3.8, 4) is 0 Å². The third kappa shape index (κ3) is 4.17. The topological polar surface area (TPSA) is 87.2 Å². The number of nitrogens with zero attached hydrogens (tertiary/aromatic N) is 3. The highest BCUT2D eigenvalue weighted by atomic mass is 32.2. The molecule has 0 aliphatic carbocycles. The number of fused-ring (bicyclic) bond motifs is 1. The Balaban J connectivity index is 1.56. The van der Waals surface area contributed by atoms with Gasteiger partial charge in [-0.15, -0.1) is 0 Å². The van der Waals surface area contributed by atoms with Crippen LogP contribution in [-0.2, 0) is 30.8 Å². The third-order valence-corrected chi connectivity index (χ3v) is 7.76. The number of anilines is 1. The summed E-state index contributed by atoms with van der Waals surface area (Å²) in [7, 11) is -3.53. The van der Waals surface area contributed by atoms with Crippen LogP contribution in [0.15, 0.2) is 23.1 Å². The van der Waals surface area contributed by atoms with Crippen molar-refractivity contribution in [3.63, 3.8) is 0 Å². The predicted molar refractivity (Wildman–Crippen MR) is 107 cm³/mol. The molecule has 2 saturated heterocycles. The number of amides is 2. The highest BCUT2D eigenvalue weighted by Crippen LogP contribution is 2.31. The average Bonchev–Trinajstić information content (AvgIpc) is 2.76. The molecule has 2 fully saturated rings. The van der Waals surface area contributed by atoms with Crippen LogP contribution in [0.2, 0.25) is 0 Å². The number of piperidine rings is 1. The van der Waals surface area contributed by atoms with Crippen LogP contribution in [0.3, 0.4) is 0 Å². The molecule has 3 aliphatic heterocycles. The van der Waals surface area contributed by atoms with Gasteiger partial charge in [0.15, 0.2) is 0 Å². The summed E-state index contributed by atoms with van der Waals surface area (Å²) in [5.41, 5.74) is 1.44. The number of carbonyl (C=O) groups excluding carboxylic acids is 2. The van der Waals surface area contributed by atoms with Gasteiger partial charge in [-0.2, -0.15) is 4.31 Å². The van der Waals surface area contributed by atoms with Crippen molar-refractivity contribution in [2.75, 3.05) is 50.8 Å². The minimum Gasteiger partial charge on any atom is -0.378 e. The molecule has 0 bridgehead atoms. The summed E-state index contributed by atoms with van der Waals surface area (Å²) < 4.78 is 32.8. The minimum absolute atomic E-state index is 0.0238. The van der Waals surface area contributed by atoms with E-state index in [2.05, 4.69) is 0 Å². The van der Waals surface area contributed by atoms with E-state index in [1.54, 1.807) is 27.4 Å². The zero-order chi connectivity index (χ0) is 20.4. The Bertz CT molecular complexity index is 889. The molecule has 8 nitrogen and oxygen atoms in total. The molecule has 1 aromatic rings. The molecule has 0 saturated carbocycles. The number of hydrogen-bond acceptors (Lipinski definition) is 5. The maximum Gasteiger partial charge on any atom is 0.243 e. The Kier molecular flexibility index (Phi) is 5.89. The number of benzene rings is 1. The first kappa shape index (κ1) is 20.3. The number of sulfonamides is 1. The first-order valence-corrected chi connectivity index (χ1v) is 11.7. The average molecular weight is 422 g/mol. The molecule has 0 spiro atoms. The summed E-state index contributed by atoms with van der Waals surface area (Å²) in [5.74, 6) is -0.217. The maximum atomic E-state index is 13.0. The van der Waals surface area contributed by atoms with Crippen LogP contribution in [0.5, 0.6) is 0 Å².